The van der Waals surface area contributed by atoms with Gasteiger partial charge in [0.15, 0.2) is 0 Å². The quantitative estimate of drug-likeness (QED) is 0.298. The van der Waals surface area contributed by atoms with E-state index in [1.54, 1.807) is 26.2 Å². The molecule has 6 heterocycles. The van der Waals surface area contributed by atoms with E-state index in [2.05, 4.69) is 44.6 Å². The number of aromatic nitrogens is 6. The van der Waals surface area contributed by atoms with Gasteiger partial charge in [0.2, 0.25) is 11.6 Å². The Balaban J connectivity index is 0.000000167. The molecule has 4 aliphatic heterocycles. The highest BCUT2D eigenvalue weighted by molar-refractivity contribution is 6.03. The minimum Gasteiger partial charge on any atom is -0.489 e. The van der Waals surface area contributed by atoms with Crippen LogP contribution in [0.5, 0.6) is 11.5 Å². The Morgan fingerprint density at radius 3 is 1.50 bits per heavy atom. The van der Waals surface area contributed by atoms with Crippen LogP contribution in [0.25, 0.3) is 0 Å². The molecule has 4 amide bonds. The third-order valence-corrected chi connectivity index (χ3v) is 10.5. The van der Waals surface area contributed by atoms with Gasteiger partial charge in [0.25, 0.3) is 23.6 Å². The van der Waals surface area contributed by atoms with Crippen LogP contribution in [0.4, 0.5) is 11.4 Å². The van der Waals surface area contributed by atoms with Gasteiger partial charge in [0, 0.05) is 26.9 Å². The normalized spacial score (nSPS) is 21.7. The number of fused-ring (bicyclic) bond motifs is 4. The predicted molar refractivity (Wildman–Crippen MR) is 198 cm³/mol. The van der Waals surface area contributed by atoms with Gasteiger partial charge in [-0.05, 0) is 62.8 Å². The van der Waals surface area contributed by atoms with Crippen molar-refractivity contribution in [2.45, 2.75) is 89.4 Å². The minimum atomic E-state index is -0.794. The van der Waals surface area contributed by atoms with Crippen molar-refractivity contribution in [1.29, 1.82) is 0 Å². The monoisotopic (exact) mass is 738 g/mol. The number of rotatable bonds is 6. The summed E-state index contributed by atoms with van der Waals surface area (Å²) in [6.07, 6.45) is 7.75. The third-order valence-electron chi connectivity index (χ3n) is 10.5. The minimum absolute atomic E-state index is 0.0665. The summed E-state index contributed by atoms with van der Waals surface area (Å²) < 4.78 is 15.2. The van der Waals surface area contributed by atoms with Gasteiger partial charge in [0.1, 0.15) is 48.4 Å². The highest BCUT2D eigenvalue weighted by atomic mass is 16.5. The fourth-order valence-corrected chi connectivity index (χ4v) is 7.38. The summed E-state index contributed by atoms with van der Waals surface area (Å²) in [5.74, 6) is 1.77. The molecule has 284 valence electrons. The number of likely N-dealkylation sites (N-methyl/N-ethyl adjacent to an activating group) is 2. The molecule has 2 aromatic heterocycles. The lowest BCUT2D eigenvalue weighted by molar-refractivity contribution is -0.121. The molecule has 16 nitrogen and oxygen atoms in total. The Morgan fingerprint density at radius 2 is 1.09 bits per heavy atom. The van der Waals surface area contributed by atoms with E-state index in [4.69, 9.17) is 9.47 Å². The Labute approximate surface area is 313 Å². The fraction of sp³-hybridized carbons (Fsp3) is 0.474. The van der Waals surface area contributed by atoms with Crippen molar-refractivity contribution < 1.29 is 28.7 Å². The van der Waals surface area contributed by atoms with Crippen molar-refractivity contribution in [3.8, 4) is 11.5 Å². The van der Waals surface area contributed by atoms with E-state index in [1.807, 2.05) is 45.8 Å². The molecule has 8 rings (SSSR count). The zero-order valence-electron chi connectivity index (χ0n) is 31.0. The van der Waals surface area contributed by atoms with Gasteiger partial charge in [0.05, 0.1) is 23.5 Å². The Bertz CT molecular complexity index is 1900. The standard InChI is InChI=1S/2C19H23N5O3/c2*1-3-12-7-6-10-16-21-17(22-24(12)16)18(25)20-13-11-27-15-9-5-4-8-14(15)23(2)19(13)26/h2*4-5,8-9,12-13H,3,6-7,10-11H2,1-2H3,(H,20,25)/t12-,13+;12-,13-/m10/s1. The maximum Gasteiger partial charge on any atom is 0.291 e. The highest BCUT2D eigenvalue weighted by Crippen LogP contribution is 2.32. The Kier molecular flexibility index (Phi) is 10.6. The number of anilines is 2. The van der Waals surface area contributed by atoms with Gasteiger partial charge in [-0.25, -0.2) is 19.3 Å². The topological polar surface area (TPSA) is 179 Å². The van der Waals surface area contributed by atoms with E-state index < -0.39 is 23.9 Å². The molecule has 4 atom stereocenters. The molecule has 4 aromatic rings. The second-order valence-electron chi connectivity index (χ2n) is 13.9. The zero-order valence-corrected chi connectivity index (χ0v) is 31.0. The van der Waals surface area contributed by atoms with E-state index in [0.29, 0.717) is 22.9 Å². The predicted octanol–water partition coefficient (Wildman–Crippen LogP) is 3.44. The van der Waals surface area contributed by atoms with Crippen molar-refractivity contribution in [2.75, 3.05) is 37.1 Å². The van der Waals surface area contributed by atoms with Gasteiger partial charge in [-0.15, -0.1) is 10.2 Å². The summed E-state index contributed by atoms with van der Waals surface area (Å²) >= 11 is 0. The third kappa shape index (κ3) is 7.24. The first-order valence-corrected chi connectivity index (χ1v) is 18.7. The van der Waals surface area contributed by atoms with Crippen molar-refractivity contribution in [3.05, 3.63) is 71.8 Å². The van der Waals surface area contributed by atoms with E-state index >= 15 is 0 Å². The number of para-hydroxylation sites is 4. The van der Waals surface area contributed by atoms with Crippen LogP contribution in [0.2, 0.25) is 0 Å². The van der Waals surface area contributed by atoms with Gasteiger partial charge in [-0.3, -0.25) is 19.2 Å². The maximum absolute atomic E-state index is 12.8. The largest absolute Gasteiger partial charge is 0.489 e. The second kappa shape index (κ2) is 15.7. The molecule has 4 aliphatic rings. The van der Waals surface area contributed by atoms with Gasteiger partial charge < -0.3 is 29.9 Å². The average molecular weight is 739 g/mol. The SMILES string of the molecule is CC[C@@H]1CCCc2nc(C(=O)N[C@H]3COc4ccccc4N(C)C3=O)nn21.CC[C@H]1CCCc2nc(C(=O)N[C@H]3COc4ccccc4N(C)C3=O)nn21. The van der Waals surface area contributed by atoms with Crippen LogP contribution >= 0.6 is 0 Å². The molecule has 0 spiro atoms. The Morgan fingerprint density at radius 1 is 0.685 bits per heavy atom. The number of carbonyl (C=O) groups excluding carboxylic acids is 4. The van der Waals surface area contributed by atoms with Crippen LogP contribution in [0.3, 0.4) is 0 Å². The molecule has 0 saturated heterocycles. The molecular formula is C38H46N10O6. The fourth-order valence-electron chi connectivity index (χ4n) is 7.38. The lowest BCUT2D eigenvalue weighted by Crippen LogP contribution is -2.49. The molecule has 0 unspecified atom stereocenters. The number of hydrogen-bond acceptors (Lipinski definition) is 10. The molecular weight excluding hydrogens is 692 g/mol. The van der Waals surface area contributed by atoms with Gasteiger partial charge >= 0.3 is 0 Å². The highest BCUT2D eigenvalue weighted by Gasteiger charge is 2.34. The first-order valence-electron chi connectivity index (χ1n) is 18.7. The summed E-state index contributed by atoms with van der Waals surface area (Å²) in [7, 11) is 3.35. The molecule has 54 heavy (non-hydrogen) atoms. The number of hydrogen-bond donors (Lipinski definition) is 2. The number of amides is 4. The molecule has 16 heteroatoms. The van der Waals surface area contributed by atoms with Crippen molar-refractivity contribution >= 4 is 35.0 Å². The summed E-state index contributed by atoms with van der Waals surface area (Å²) in [4.78, 5) is 62.7. The van der Waals surface area contributed by atoms with E-state index in [9.17, 15) is 19.2 Å². The maximum atomic E-state index is 12.8. The molecule has 0 saturated carbocycles. The van der Waals surface area contributed by atoms with Crippen molar-refractivity contribution in [2.24, 2.45) is 0 Å². The molecule has 0 radical (unpaired) electrons. The second-order valence-corrected chi connectivity index (χ2v) is 13.9. The molecule has 0 bridgehead atoms. The first kappa shape index (κ1) is 36.6. The van der Waals surface area contributed by atoms with E-state index in [1.165, 1.54) is 9.80 Å². The number of nitrogens with one attached hydrogen (secondary N) is 2. The zero-order chi connectivity index (χ0) is 37.9. The number of carbonyl (C=O) groups is 4. The lowest BCUT2D eigenvalue weighted by atomic mass is 10.0. The van der Waals surface area contributed by atoms with E-state index in [0.717, 1.165) is 63.0 Å². The summed E-state index contributed by atoms with van der Waals surface area (Å²) in [5.41, 5.74) is 1.36. The number of benzene rings is 2. The molecule has 2 aromatic carbocycles. The van der Waals surface area contributed by atoms with Crippen LogP contribution in [0, 0.1) is 0 Å². The van der Waals surface area contributed by atoms with Crippen LogP contribution in [0.15, 0.2) is 48.5 Å². The van der Waals surface area contributed by atoms with Crippen LogP contribution in [-0.4, -0.2) is 92.6 Å². The lowest BCUT2D eigenvalue weighted by Gasteiger charge is -2.21. The molecule has 2 N–H and O–H groups in total. The average Bonchev–Trinajstić information content (AvgIpc) is 3.81. The molecule has 0 fully saturated rings. The number of ether oxygens (including phenoxy) is 2. The smallest absolute Gasteiger partial charge is 0.291 e. The summed E-state index contributed by atoms with van der Waals surface area (Å²) in [5, 5.41) is 14.3. The summed E-state index contributed by atoms with van der Waals surface area (Å²) in [6.45, 7) is 4.35. The van der Waals surface area contributed by atoms with Gasteiger partial charge in [-0.2, -0.15) is 0 Å². The molecule has 0 aliphatic carbocycles. The number of nitrogens with zero attached hydrogens (tertiary/aromatic N) is 8. The van der Waals surface area contributed by atoms with Crippen molar-refractivity contribution in [1.82, 2.24) is 40.2 Å². The van der Waals surface area contributed by atoms with Crippen LogP contribution in [0.1, 0.15) is 97.3 Å². The first-order chi connectivity index (χ1) is 26.2. The van der Waals surface area contributed by atoms with Crippen LogP contribution < -0.4 is 29.9 Å². The number of aryl methyl sites for hydroxylation is 2. The van der Waals surface area contributed by atoms with Crippen molar-refractivity contribution in [3.63, 3.8) is 0 Å². The van der Waals surface area contributed by atoms with E-state index in [-0.39, 0.29) is 48.8 Å². The summed E-state index contributed by atoms with van der Waals surface area (Å²) in [6, 6.07) is 13.6. The van der Waals surface area contributed by atoms with Crippen LogP contribution in [-0.2, 0) is 22.4 Å². The van der Waals surface area contributed by atoms with Gasteiger partial charge in [-0.1, -0.05) is 38.1 Å². The Hall–Kier alpha value is -5.80.